The second kappa shape index (κ2) is 7.64. The van der Waals surface area contributed by atoms with Crippen LogP contribution in [-0.4, -0.2) is 18.6 Å². The van der Waals surface area contributed by atoms with Crippen LogP contribution < -0.4 is 5.32 Å². The van der Waals surface area contributed by atoms with Crippen molar-refractivity contribution in [3.8, 4) is 10.6 Å². The Labute approximate surface area is 129 Å². The summed E-state index contributed by atoms with van der Waals surface area (Å²) in [6, 6.07) is 5.11. The predicted octanol–water partition coefficient (Wildman–Crippen LogP) is 3.90. The lowest BCUT2D eigenvalue weighted by atomic mass is 10.1. The topological polar surface area (TPSA) is 34.2 Å². The molecule has 0 saturated carbocycles. The third-order valence-electron chi connectivity index (χ3n) is 3.12. The third kappa shape index (κ3) is 4.09. The number of methoxy groups -OCH3 is 1. The normalized spacial score (nSPS) is 11.0. The van der Waals surface area contributed by atoms with Crippen LogP contribution in [0.1, 0.15) is 29.5 Å². The number of rotatable bonds is 7. The molecule has 114 valence electrons. The Morgan fingerprint density at radius 1 is 1.38 bits per heavy atom. The van der Waals surface area contributed by atoms with Crippen molar-refractivity contribution < 1.29 is 9.13 Å². The van der Waals surface area contributed by atoms with E-state index in [1.54, 1.807) is 13.2 Å². The molecule has 0 unspecified atom stereocenters. The van der Waals surface area contributed by atoms with Gasteiger partial charge < -0.3 is 10.1 Å². The molecule has 0 bridgehead atoms. The number of aromatic nitrogens is 1. The number of benzene rings is 1. The lowest BCUT2D eigenvalue weighted by Crippen LogP contribution is -2.14. The van der Waals surface area contributed by atoms with Crippen molar-refractivity contribution in [1.29, 1.82) is 0 Å². The molecule has 1 heterocycles. The number of nitrogens with one attached hydrogen (secondary N) is 1. The van der Waals surface area contributed by atoms with Gasteiger partial charge in [0.15, 0.2) is 0 Å². The molecule has 0 atom stereocenters. The highest BCUT2D eigenvalue weighted by molar-refractivity contribution is 7.15. The molecule has 5 heteroatoms. The van der Waals surface area contributed by atoms with E-state index in [9.17, 15) is 4.39 Å². The molecule has 1 aromatic heterocycles. The van der Waals surface area contributed by atoms with E-state index in [-0.39, 0.29) is 5.82 Å². The molecule has 0 aliphatic carbocycles. The number of hydrogen-bond donors (Lipinski definition) is 1. The Morgan fingerprint density at radius 2 is 2.19 bits per heavy atom. The first-order valence-electron chi connectivity index (χ1n) is 7.10. The summed E-state index contributed by atoms with van der Waals surface area (Å²) in [6.45, 7) is 6.24. The SMILES string of the molecule is CCCNCc1sc(-c2cc(C)ccc2F)nc1COC. The van der Waals surface area contributed by atoms with Crippen LogP contribution in [0.4, 0.5) is 4.39 Å². The molecule has 0 amide bonds. The Morgan fingerprint density at radius 3 is 2.90 bits per heavy atom. The van der Waals surface area contributed by atoms with E-state index < -0.39 is 0 Å². The summed E-state index contributed by atoms with van der Waals surface area (Å²) >= 11 is 1.53. The van der Waals surface area contributed by atoms with Gasteiger partial charge in [-0.15, -0.1) is 11.3 Å². The Kier molecular flexibility index (Phi) is 5.85. The van der Waals surface area contributed by atoms with Crippen LogP contribution in [0.15, 0.2) is 18.2 Å². The minimum absolute atomic E-state index is 0.230. The fourth-order valence-electron chi connectivity index (χ4n) is 2.07. The highest BCUT2D eigenvalue weighted by Gasteiger charge is 2.15. The molecule has 0 spiro atoms. The highest BCUT2D eigenvalue weighted by Crippen LogP contribution is 2.31. The number of ether oxygens (including phenoxy) is 1. The molecular weight excluding hydrogens is 287 g/mol. The zero-order valence-electron chi connectivity index (χ0n) is 12.7. The maximum Gasteiger partial charge on any atom is 0.133 e. The zero-order chi connectivity index (χ0) is 15.2. The van der Waals surface area contributed by atoms with Crippen LogP contribution in [0.2, 0.25) is 0 Å². The van der Waals surface area contributed by atoms with E-state index in [2.05, 4.69) is 17.2 Å². The predicted molar refractivity (Wildman–Crippen MR) is 85.0 cm³/mol. The lowest BCUT2D eigenvalue weighted by molar-refractivity contribution is 0.181. The molecular formula is C16H21FN2OS. The second-order valence-corrected chi connectivity index (χ2v) is 6.07. The van der Waals surface area contributed by atoms with E-state index in [4.69, 9.17) is 4.74 Å². The van der Waals surface area contributed by atoms with Crippen molar-refractivity contribution in [2.75, 3.05) is 13.7 Å². The smallest absolute Gasteiger partial charge is 0.133 e. The fraction of sp³-hybridized carbons (Fsp3) is 0.438. The van der Waals surface area contributed by atoms with Crippen molar-refractivity contribution in [2.45, 2.75) is 33.4 Å². The van der Waals surface area contributed by atoms with Crippen LogP contribution in [0.25, 0.3) is 10.6 Å². The summed E-state index contributed by atoms with van der Waals surface area (Å²) in [4.78, 5) is 5.68. The van der Waals surface area contributed by atoms with E-state index in [0.717, 1.165) is 40.7 Å². The van der Waals surface area contributed by atoms with Gasteiger partial charge in [-0.1, -0.05) is 18.6 Å². The van der Waals surface area contributed by atoms with Gasteiger partial charge in [-0.05, 0) is 32.0 Å². The molecule has 2 rings (SSSR count). The minimum atomic E-state index is -0.230. The number of nitrogens with zero attached hydrogens (tertiary/aromatic N) is 1. The Hall–Kier alpha value is -1.30. The standard InChI is InChI=1S/C16H21FN2OS/c1-4-7-18-9-15-14(10-20-3)19-16(21-15)12-8-11(2)5-6-13(12)17/h5-6,8,18H,4,7,9-10H2,1-3H3. The van der Waals surface area contributed by atoms with Crippen LogP contribution in [-0.2, 0) is 17.9 Å². The van der Waals surface area contributed by atoms with Crippen molar-refractivity contribution in [3.05, 3.63) is 40.2 Å². The number of aryl methyl sites for hydroxylation is 1. The summed E-state index contributed by atoms with van der Waals surface area (Å²) in [5.41, 5.74) is 2.49. The third-order valence-corrected chi connectivity index (χ3v) is 4.25. The molecule has 1 aromatic carbocycles. The zero-order valence-corrected chi connectivity index (χ0v) is 13.5. The van der Waals surface area contributed by atoms with E-state index in [0.29, 0.717) is 12.2 Å². The molecule has 0 radical (unpaired) electrons. The molecule has 1 N–H and O–H groups in total. The van der Waals surface area contributed by atoms with Gasteiger partial charge in [0.05, 0.1) is 12.3 Å². The number of thiazole rings is 1. The number of hydrogen-bond acceptors (Lipinski definition) is 4. The van der Waals surface area contributed by atoms with Gasteiger partial charge in [0.1, 0.15) is 10.8 Å². The Bertz CT molecular complexity index is 598. The molecule has 3 nitrogen and oxygen atoms in total. The van der Waals surface area contributed by atoms with Gasteiger partial charge in [0.25, 0.3) is 0 Å². The van der Waals surface area contributed by atoms with Gasteiger partial charge in [0, 0.05) is 24.1 Å². The van der Waals surface area contributed by atoms with Gasteiger partial charge in [0.2, 0.25) is 0 Å². The summed E-state index contributed by atoms with van der Waals surface area (Å²) in [5, 5.41) is 4.08. The molecule has 0 fully saturated rings. The summed E-state index contributed by atoms with van der Waals surface area (Å²) in [5.74, 6) is -0.230. The average molecular weight is 308 g/mol. The number of halogens is 1. The first kappa shape index (κ1) is 16.1. The van der Waals surface area contributed by atoms with Crippen LogP contribution in [0.3, 0.4) is 0 Å². The first-order chi connectivity index (χ1) is 10.2. The quantitative estimate of drug-likeness (QED) is 0.788. The molecule has 0 saturated heterocycles. The monoisotopic (exact) mass is 308 g/mol. The van der Waals surface area contributed by atoms with Crippen molar-refractivity contribution in [3.63, 3.8) is 0 Å². The molecule has 21 heavy (non-hydrogen) atoms. The van der Waals surface area contributed by atoms with E-state index in [1.807, 2.05) is 13.0 Å². The van der Waals surface area contributed by atoms with Crippen LogP contribution in [0, 0.1) is 12.7 Å². The van der Waals surface area contributed by atoms with Gasteiger partial charge in [-0.2, -0.15) is 0 Å². The maximum absolute atomic E-state index is 14.0. The van der Waals surface area contributed by atoms with Crippen molar-refractivity contribution >= 4 is 11.3 Å². The van der Waals surface area contributed by atoms with E-state index >= 15 is 0 Å². The van der Waals surface area contributed by atoms with Gasteiger partial charge in [-0.3, -0.25) is 0 Å². The average Bonchev–Trinajstić information content (AvgIpc) is 2.85. The Balaban J connectivity index is 2.31. The summed E-state index contributed by atoms with van der Waals surface area (Å²) in [7, 11) is 1.65. The molecule has 0 aliphatic rings. The van der Waals surface area contributed by atoms with Crippen molar-refractivity contribution in [1.82, 2.24) is 10.3 Å². The van der Waals surface area contributed by atoms with Crippen molar-refractivity contribution in [2.24, 2.45) is 0 Å². The van der Waals surface area contributed by atoms with Gasteiger partial charge in [-0.25, -0.2) is 9.37 Å². The second-order valence-electron chi connectivity index (χ2n) is 4.98. The van der Waals surface area contributed by atoms with Crippen LogP contribution in [0.5, 0.6) is 0 Å². The molecule has 2 aromatic rings. The minimum Gasteiger partial charge on any atom is -0.378 e. The highest BCUT2D eigenvalue weighted by atomic mass is 32.1. The maximum atomic E-state index is 14.0. The van der Waals surface area contributed by atoms with E-state index in [1.165, 1.54) is 17.4 Å². The molecule has 0 aliphatic heterocycles. The lowest BCUT2D eigenvalue weighted by Gasteiger charge is -2.02. The van der Waals surface area contributed by atoms with Crippen LogP contribution >= 0.6 is 11.3 Å². The van der Waals surface area contributed by atoms with Gasteiger partial charge >= 0.3 is 0 Å². The summed E-state index contributed by atoms with van der Waals surface area (Å²) < 4.78 is 19.2. The largest absolute Gasteiger partial charge is 0.378 e. The first-order valence-corrected chi connectivity index (χ1v) is 7.92. The fourth-order valence-corrected chi connectivity index (χ4v) is 3.12. The summed E-state index contributed by atoms with van der Waals surface area (Å²) in [6.07, 6.45) is 1.08.